The molecule has 1 N–H and O–H groups in total. The molecule has 2 heterocycles. The minimum atomic E-state index is -0.667. The second kappa shape index (κ2) is 7.46. The Morgan fingerprint density at radius 1 is 1.50 bits per heavy atom. The number of nitrogens with zero attached hydrogens (tertiary/aromatic N) is 2. The fourth-order valence-corrected chi connectivity index (χ4v) is 3.44. The van der Waals surface area contributed by atoms with Crippen molar-refractivity contribution < 1.29 is 14.3 Å². The van der Waals surface area contributed by atoms with Crippen LogP contribution in [0.5, 0.6) is 5.75 Å². The van der Waals surface area contributed by atoms with Gasteiger partial charge in [-0.3, -0.25) is 10.1 Å². The number of carbonyl (C=O) groups excluding carboxylic acids is 1. The highest BCUT2D eigenvalue weighted by molar-refractivity contribution is 7.15. The molecule has 6 nitrogen and oxygen atoms in total. The maximum absolute atomic E-state index is 12.3. The molecule has 1 amide bonds. The number of hydrogen-bond acceptors (Lipinski definition) is 6. The standard InChI is InChI=1S/C16H18ClN3O3S/c1-9-8-11(17)5-6-12(9)23-10(2)14(21)18-16-20-19-15(24-16)13-4-3-7-22-13/h5-6,8,10,13H,3-4,7H2,1-2H3,(H,18,20,21)/t10-,13-/m0/s1. The van der Waals surface area contributed by atoms with Gasteiger partial charge in [-0.25, -0.2) is 0 Å². The van der Waals surface area contributed by atoms with E-state index >= 15 is 0 Å². The van der Waals surface area contributed by atoms with E-state index in [1.807, 2.05) is 6.92 Å². The van der Waals surface area contributed by atoms with Crippen molar-refractivity contribution in [1.29, 1.82) is 0 Å². The molecule has 0 unspecified atom stereocenters. The van der Waals surface area contributed by atoms with E-state index in [1.54, 1.807) is 25.1 Å². The lowest BCUT2D eigenvalue weighted by Crippen LogP contribution is -2.30. The normalized spacial score (nSPS) is 18.4. The first-order valence-corrected chi connectivity index (χ1v) is 8.91. The fourth-order valence-electron chi connectivity index (χ4n) is 2.38. The number of aryl methyl sites for hydroxylation is 1. The number of aromatic nitrogens is 2. The molecular weight excluding hydrogens is 350 g/mol. The summed E-state index contributed by atoms with van der Waals surface area (Å²) < 4.78 is 11.3. The zero-order valence-corrected chi connectivity index (χ0v) is 15.0. The second-order valence-electron chi connectivity index (χ2n) is 5.61. The minimum Gasteiger partial charge on any atom is -0.481 e. The van der Waals surface area contributed by atoms with Crippen LogP contribution in [0.2, 0.25) is 5.02 Å². The maximum Gasteiger partial charge on any atom is 0.266 e. The van der Waals surface area contributed by atoms with Crippen molar-refractivity contribution in [3.8, 4) is 5.75 Å². The first-order chi connectivity index (χ1) is 11.5. The molecule has 0 radical (unpaired) electrons. The van der Waals surface area contributed by atoms with Crippen LogP contribution in [0.4, 0.5) is 5.13 Å². The number of benzene rings is 1. The lowest BCUT2D eigenvalue weighted by atomic mass is 10.2. The fraction of sp³-hybridized carbons (Fsp3) is 0.438. The van der Waals surface area contributed by atoms with Gasteiger partial charge in [0, 0.05) is 11.6 Å². The topological polar surface area (TPSA) is 73.3 Å². The van der Waals surface area contributed by atoms with E-state index in [2.05, 4.69) is 15.5 Å². The molecule has 1 aliphatic heterocycles. The summed E-state index contributed by atoms with van der Waals surface area (Å²) in [5, 5.41) is 12.7. The quantitative estimate of drug-likeness (QED) is 0.871. The van der Waals surface area contributed by atoms with E-state index in [4.69, 9.17) is 21.1 Å². The highest BCUT2D eigenvalue weighted by atomic mass is 35.5. The van der Waals surface area contributed by atoms with Crippen LogP contribution in [0, 0.1) is 6.92 Å². The van der Waals surface area contributed by atoms with Gasteiger partial charge in [0.05, 0.1) is 0 Å². The highest BCUT2D eigenvalue weighted by Crippen LogP contribution is 2.32. The molecule has 1 aliphatic rings. The van der Waals surface area contributed by atoms with Crippen molar-refractivity contribution in [3.63, 3.8) is 0 Å². The van der Waals surface area contributed by atoms with Crippen LogP contribution in [-0.4, -0.2) is 28.8 Å². The predicted molar refractivity (Wildman–Crippen MR) is 92.7 cm³/mol. The summed E-state index contributed by atoms with van der Waals surface area (Å²) >= 11 is 7.26. The third-order valence-corrected chi connectivity index (χ3v) is 4.85. The Hall–Kier alpha value is -1.70. The van der Waals surface area contributed by atoms with E-state index in [-0.39, 0.29) is 12.0 Å². The van der Waals surface area contributed by atoms with Crippen LogP contribution in [0.3, 0.4) is 0 Å². The van der Waals surface area contributed by atoms with Crippen molar-refractivity contribution in [1.82, 2.24) is 10.2 Å². The van der Waals surface area contributed by atoms with Gasteiger partial charge in [-0.15, -0.1) is 10.2 Å². The molecule has 0 bridgehead atoms. The molecule has 8 heteroatoms. The summed E-state index contributed by atoms with van der Waals surface area (Å²) in [7, 11) is 0. The average molecular weight is 368 g/mol. The molecule has 128 valence electrons. The summed E-state index contributed by atoms with van der Waals surface area (Å²) in [6.07, 6.45) is 1.30. The molecule has 2 atom stereocenters. The molecule has 0 aliphatic carbocycles. The van der Waals surface area contributed by atoms with Gasteiger partial charge in [0.25, 0.3) is 5.91 Å². The van der Waals surface area contributed by atoms with Crippen LogP contribution >= 0.6 is 22.9 Å². The molecule has 1 saturated heterocycles. The van der Waals surface area contributed by atoms with Crippen molar-refractivity contribution in [2.24, 2.45) is 0 Å². The van der Waals surface area contributed by atoms with Crippen LogP contribution in [0.15, 0.2) is 18.2 Å². The number of hydrogen-bond donors (Lipinski definition) is 1. The zero-order valence-electron chi connectivity index (χ0n) is 13.4. The molecule has 3 rings (SSSR count). The number of carbonyl (C=O) groups is 1. The van der Waals surface area contributed by atoms with Gasteiger partial charge in [0.15, 0.2) is 6.10 Å². The Kier molecular flexibility index (Phi) is 5.33. The minimum absolute atomic E-state index is 0.00135. The first kappa shape index (κ1) is 17.1. The maximum atomic E-state index is 12.3. The lowest BCUT2D eigenvalue weighted by molar-refractivity contribution is -0.122. The van der Waals surface area contributed by atoms with E-state index in [0.717, 1.165) is 30.0 Å². The molecule has 0 saturated carbocycles. The van der Waals surface area contributed by atoms with Gasteiger partial charge in [0.2, 0.25) is 5.13 Å². The van der Waals surface area contributed by atoms with E-state index in [1.165, 1.54) is 11.3 Å². The largest absolute Gasteiger partial charge is 0.481 e. The van der Waals surface area contributed by atoms with Gasteiger partial charge < -0.3 is 9.47 Å². The number of halogens is 1. The first-order valence-electron chi connectivity index (χ1n) is 7.71. The van der Waals surface area contributed by atoms with Crippen LogP contribution in [0.1, 0.15) is 36.4 Å². The summed E-state index contributed by atoms with van der Waals surface area (Å²) in [4.78, 5) is 12.3. The van der Waals surface area contributed by atoms with E-state index < -0.39 is 6.10 Å². The Morgan fingerprint density at radius 2 is 2.33 bits per heavy atom. The van der Waals surface area contributed by atoms with E-state index in [9.17, 15) is 4.79 Å². The molecule has 1 aromatic carbocycles. The monoisotopic (exact) mass is 367 g/mol. The summed E-state index contributed by atoms with van der Waals surface area (Å²) in [6.45, 7) is 4.31. The third-order valence-electron chi connectivity index (χ3n) is 3.69. The van der Waals surface area contributed by atoms with Crippen molar-refractivity contribution in [2.75, 3.05) is 11.9 Å². The van der Waals surface area contributed by atoms with Gasteiger partial charge in [-0.2, -0.15) is 0 Å². The number of ether oxygens (including phenoxy) is 2. The zero-order chi connectivity index (χ0) is 17.1. The Bertz CT molecular complexity index is 731. The van der Waals surface area contributed by atoms with Crippen LogP contribution in [0.25, 0.3) is 0 Å². The molecule has 1 fully saturated rings. The van der Waals surface area contributed by atoms with Crippen molar-refractivity contribution in [3.05, 3.63) is 33.8 Å². The molecular formula is C16H18ClN3O3S. The Labute approximate surface area is 149 Å². The Morgan fingerprint density at radius 3 is 3.04 bits per heavy atom. The average Bonchev–Trinajstić information content (AvgIpc) is 3.20. The predicted octanol–water partition coefficient (Wildman–Crippen LogP) is 3.76. The summed E-state index contributed by atoms with van der Waals surface area (Å²) in [6, 6.07) is 5.27. The number of anilines is 1. The van der Waals surface area contributed by atoms with Gasteiger partial charge in [0.1, 0.15) is 16.9 Å². The molecule has 1 aromatic heterocycles. The highest BCUT2D eigenvalue weighted by Gasteiger charge is 2.23. The van der Waals surface area contributed by atoms with Crippen LogP contribution < -0.4 is 10.1 Å². The second-order valence-corrected chi connectivity index (χ2v) is 7.05. The van der Waals surface area contributed by atoms with Crippen LogP contribution in [-0.2, 0) is 9.53 Å². The number of amides is 1. The Balaban J connectivity index is 1.59. The van der Waals surface area contributed by atoms with E-state index in [0.29, 0.717) is 15.9 Å². The summed E-state index contributed by atoms with van der Waals surface area (Å²) in [5.74, 6) is 0.346. The van der Waals surface area contributed by atoms with Gasteiger partial charge >= 0.3 is 0 Å². The lowest BCUT2D eigenvalue weighted by Gasteiger charge is -2.15. The number of rotatable bonds is 5. The molecule has 2 aromatic rings. The smallest absolute Gasteiger partial charge is 0.266 e. The SMILES string of the molecule is Cc1cc(Cl)ccc1O[C@@H](C)C(=O)Nc1nnc([C@@H]2CCCO2)s1. The van der Waals surface area contributed by atoms with Crippen molar-refractivity contribution in [2.45, 2.75) is 38.9 Å². The van der Waals surface area contributed by atoms with Gasteiger partial charge in [-0.05, 0) is 50.5 Å². The molecule has 24 heavy (non-hydrogen) atoms. The van der Waals surface area contributed by atoms with Gasteiger partial charge in [-0.1, -0.05) is 22.9 Å². The summed E-state index contributed by atoms with van der Waals surface area (Å²) in [5.41, 5.74) is 0.874. The third kappa shape index (κ3) is 4.03. The van der Waals surface area contributed by atoms with Crippen molar-refractivity contribution >= 4 is 34.0 Å². The molecule has 0 spiro atoms. The number of nitrogens with one attached hydrogen (secondary N) is 1.